The van der Waals surface area contributed by atoms with Crippen molar-refractivity contribution in [3.63, 3.8) is 0 Å². The number of benzene rings is 1. The molecule has 1 atom stereocenters. The molecule has 2 rings (SSSR count). The van der Waals surface area contributed by atoms with Crippen LogP contribution in [-0.4, -0.2) is 9.97 Å². The zero-order chi connectivity index (χ0) is 15.6. The van der Waals surface area contributed by atoms with E-state index >= 15 is 0 Å². The maximum atomic E-state index is 13.6. The number of nitrogens with one attached hydrogen (secondary N) is 1. The summed E-state index contributed by atoms with van der Waals surface area (Å²) in [5, 5.41) is 2.14. The molecule has 0 radical (unpaired) electrons. The topological polar surface area (TPSA) is 37.8 Å². The fraction of sp³-hybridized carbons (Fsp3) is 0.231. The molecule has 1 N–H and O–H groups in total. The van der Waals surface area contributed by atoms with Crippen LogP contribution in [0.5, 0.6) is 0 Å². The molecule has 0 fully saturated rings. The Morgan fingerprint density at radius 1 is 1.19 bits per heavy atom. The second kappa shape index (κ2) is 5.85. The van der Waals surface area contributed by atoms with Gasteiger partial charge in [-0.05, 0) is 24.6 Å². The predicted octanol–water partition coefficient (Wildman–Crippen LogP) is 4.46. The highest BCUT2D eigenvalue weighted by atomic mass is 35.5. The molecule has 1 unspecified atom stereocenters. The van der Waals surface area contributed by atoms with Crippen LogP contribution in [0.4, 0.5) is 23.4 Å². The first-order chi connectivity index (χ1) is 9.77. The minimum absolute atomic E-state index is 0.127. The third kappa shape index (κ3) is 3.81. The first kappa shape index (κ1) is 15.5. The number of hydrogen-bond donors (Lipinski definition) is 1. The first-order valence-electron chi connectivity index (χ1n) is 5.90. The van der Waals surface area contributed by atoms with Gasteiger partial charge in [0.2, 0.25) is 5.28 Å². The Bertz CT molecular complexity index is 646. The highest BCUT2D eigenvalue weighted by molar-refractivity contribution is 6.28. The maximum absolute atomic E-state index is 13.6. The van der Waals surface area contributed by atoms with Crippen LogP contribution in [0.2, 0.25) is 5.28 Å². The predicted molar refractivity (Wildman–Crippen MR) is 70.5 cm³/mol. The SMILES string of the molecule is CC(Nc1cc(C(F)(F)F)nc(Cl)n1)c1ccccc1F. The zero-order valence-electron chi connectivity index (χ0n) is 10.7. The molecule has 0 amide bonds. The number of anilines is 1. The minimum Gasteiger partial charge on any atom is -0.363 e. The van der Waals surface area contributed by atoms with Crippen LogP contribution in [0.3, 0.4) is 0 Å². The van der Waals surface area contributed by atoms with Gasteiger partial charge in [-0.3, -0.25) is 0 Å². The van der Waals surface area contributed by atoms with Crippen molar-refractivity contribution < 1.29 is 17.6 Å². The Morgan fingerprint density at radius 2 is 1.86 bits per heavy atom. The average molecular weight is 320 g/mol. The summed E-state index contributed by atoms with van der Waals surface area (Å²) in [5.41, 5.74) is -0.855. The van der Waals surface area contributed by atoms with Gasteiger partial charge in [0.05, 0.1) is 6.04 Å². The summed E-state index contributed by atoms with van der Waals surface area (Å²) in [6.07, 6.45) is -4.63. The van der Waals surface area contributed by atoms with Gasteiger partial charge < -0.3 is 5.32 Å². The van der Waals surface area contributed by atoms with E-state index in [1.165, 1.54) is 18.2 Å². The van der Waals surface area contributed by atoms with E-state index in [9.17, 15) is 17.6 Å². The molecule has 0 aliphatic rings. The highest BCUT2D eigenvalue weighted by Gasteiger charge is 2.33. The van der Waals surface area contributed by atoms with E-state index in [4.69, 9.17) is 11.6 Å². The molecule has 1 aromatic heterocycles. The van der Waals surface area contributed by atoms with Crippen molar-refractivity contribution in [3.05, 3.63) is 52.7 Å². The van der Waals surface area contributed by atoms with Gasteiger partial charge in [0, 0.05) is 11.6 Å². The molecular formula is C13H10ClF4N3. The van der Waals surface area contributed by atoms with E-state index in [0.29, 0.717) is 5.56 Å². The molecular weight excluding hydrogens is 310 g/mol. The Hall–Kier alpha value is -1.89. The molecule has 2 aromatic rings. The van der Waals surface area contributed by atoms with Crippen LogP contribution in [-0.2, 0) is 6.18 Å². The zero-order valence-corrected chi connectivity index (χ0v) is 11.5. The smallest absolute Gasteiger partial charge is 0.363 e. The number of halogens is 5. The van der Waals surface area contributed by atoms with Crippen molar-refractivity contribution in [1.29, 1.82) is 0 Å². The molecule has 8 heteroatoms. The van der Waals surface area contributed by atoms with Gasteiger partial charge in [-0.15, -0.1) is 0 Å². The van der Waals surface area contributed by atoms with Gasteiger partial charge in [-0.2, -0.15) is 13.2 Å². The number of rotatable bonds is 3. The molecule has 0 saturated carbocycles. The lowest BCUT2D eigenvalue weighted by atomic mass is 10.1. The van der Waals surface area contributed by atoms with Crippen LogP contribution < -0.4 is 5.32 Å². The van der Waals surface area contributed by atoms with E-state index in [0.717, 1.165) is 6.07 Å². The summed E-state index contributed by atoms with van der Waals surface area (Å²) < 4.78 is 51.5. The lowest BCUT2D eigenvalue weighted by Crippen LogP contribution is -2.13. The molecule has 0 bridgehead atoms. The Labute approximate surface area is 123 Å². The summed E-state index contributed by atoms with van der Waals surface area (Å²) >= 11 is 5.48. The number of aromatic nitrogens is 2. The number of alkyl halides is 3. The minimum atomic E-state index is -4.63. The van der Waals surface area contributed by atoms with E-state index in [1.54, 1.807) is 13.0 Å². The summed E-state index contributed by atoms with van der Waals surface area (Å²) in [6.45, 7) is 1.60. The Balaban J connectivity index is 2.28. The summed E-state index contributed by atoms with van der Waals surface area (Å²) in [6, 6.07) is 6.09. The van der Waals surface area contributed by atoms with E-state index in [-0.39, 0.29) is 5.82 Å². The van der Waals surface area contributed by atoms with Crippen LogP contribution in [0, 0.1) is 5.82 Å². The highest BCUT2D eigenvalue weighted by Crippen LogP contribution is 2.30. The molecule has 0 spiro atoms. The molecule has 0 aliphatic carbocycles. The third-order valence-corrected chi connectivity index (χ3v) is 2.89. The van der Waals surface area contributed by atoms with E-state index in [1.807, 2.05) is 0 Å². The maximum Gasteiger partial charge on any atom is 0.433 e. The van der Waals surface area contributed by atoms with Gasteiger partial charge in [-0.1, -0.05) is 18.2 Å². The van der Waals surface area contributed by atoms with Gasteiger partial charge >= 0.3 is 6.18 Å². The molecule has 0 saturated heterocycles. The molecule has 112 valence electrons. The van der Waals surface area contributed by atoms with Crippen molar-refractivity contribution in [1.82, 2.24) is 9.97 Å². The fourth-order valence-electron chi connectivity index (χ4n) is 1.76. The summed E-state index contributed by atoms with van der Waals surface area (Å²) in [7, 11) is 0. The molecule has 1 heterocycles. The fourth-order valence-corrected chi connectivity index (χ4v) is 1.94. The molecule has 0 aliphatic heterocycles. The Morgan fingerprint density at radius 3 is 2.48 bits per heavy atom. The largest absolute Gasteiger partial charge is 0.433 e. The van der Waals surface area contributed by atoms with Gasteiger partial charge in [0.15, 0.2) is 5.69 Å². The average Bonchev–Trinajstić information content (AvgIpc) is 2.37. The van der Waals surface area contributed by atoms with Crippen molar-refractivity contribution in [2.75, 3.05) is 5.32 Å². The van der Waals surface area contributed by atoms with Crippen molar-refractivity contribution >= 4 is 17.4 Å². The lowest BCUT2D eigenvalue weighted by molar-refractivity contribution is -0.141. The van der Waals surface area contributed by atoms with E-state index in [2.05, 4.69) is 15.3 Å². The second-order valence-corrected chi connectivity index (χ2v) is 4.63. The van der Waals surface area contributed by atoms with Gasteiger partial charge in [0.1, 0.15) is 11.6 Å². The van der Waals surface area contributed by atoms with Crippen LogP contribution in [0.25, 0.3) is 0 Å². The Kier molecular flexibility index (Phi) is 4.32. The van der Waals surface area contributed by atoms with Crippen LogP contribution in [0.15, 0.2) is 30.3 Å². The quantitative estimate of drug-likeness (QED) is 0.670. The first-order valence-corrected chi connectivity index (χ1v) is 6.28. The lowest BCUT2D eigenvalue weighted by Gasteiger charge is -2.16. The monoisotopic (exact) mass is 319 g/mol. The molecule has 21 heavy (non-hydrogen) atoms. The summed E-state index contributed by atoms with van der Waals surface area (Å²) in [5.74, 6) is -0.591. The van der Waals surface area contributed by atoms with Crippen LogP contribution >= 0.6 is 11.6 Å². The summed E-state index contributed by atoms with van der Waals surface area (Å²) in [4.78, 5) is 6.78. The van der Waals surface area contributed by atoms with E-state index < -0.39 is 29.0 Å². The van der Waals surface area contributed by atoms with Crippen molar-refractivity contribution in [3.8, 4) is 0 Å². The number of nitrogens with zero attached hydrogens (tertiary/aromatic N) is 2. The number of hydrogen-bond acceptors (Lipinski definition) is 3. The van der Waals surface area contributed by atoms with Gasteiger partial charge in [-0.25, -0.2) is 14.4 Å². The van der Waals surface area contributed by atoms with Crippen molar-refractivity contribution in [2.45, 2.75) is 19.1 Å². The molecule has 3 nitrogen and oxygen atoms in total. The van der Waals surface area contributed by atoms with Gasteiger partial charge in [0.25, 0.3) is 0 Å². The van der Waals surface area contributed by atoms with Crippen molar-refractivity contribution in [2.24, 2.45) is 0 Å². The molecule has 1 aromatic carbocycles. The normalized spacial score (nSPS) is 13.0. The van der Waals surface area contributed by atoms with Crippen LogP contribution in [0.1, 0.15) is 24.2 Å². The standard InChI is InChI=1S/C13H10ClF4N3/c1-7(8-4-2-3-5-9(8)15)19-11-6-10(13(16,17)18)20-12(14)21-11/h2-7H,1H3,(H,19,20,21). The third-order valence-electron chi connectivity index (χ3n) is 2.73. The second-order valence-electron chi connectivity index (χ2n) is 4.29.